The van der Waals surface area contributed by atoms with Gasteiger partial charge in [0, 0.05) is 12.5 Å². The van der Waals surface area contributed by atoms with Crippen LogP contribution in [-0.4, -0.2) is 34.1 Å². The van der Waals surface area contributed by atoms with Crippen LogP contribution in [0.5, 0.6) is 0 Å². The van der Waals surface area contributed by atoms with Gasteiger partial charge in [-0.15, -0.1) is 0 Å². The second-order valence-electron chi connectivity index (χ2n) is 6.37. The van der Waals surface area contributed by atoms with Gasteiger partial charge >= 0.3 is 0 Å². The summed E-state index contributed by atoms with van der Waals surface area (Å²) < 4.78 is 10.9. The lowest BCUT2D eigenvalue weighted by Gasteiger charge is -2.21. The van der Waals surface area contributed by atoms with Crippen molar-refractivity contribution in [1.29, 1.82) is 0 Å². The van der Waals surface area contributed by atoms with Gasteiger partial charge in [-0.25, -0.2) is 0 Å². The molecule has 128 valence electrons. The minimum absolute atomic E-state index is 0.0299. The number of hydrogen-bond donors (Lipinski definition) is 0. The number of nitrogens with zero attached hydrogens (tertiary/aromatic N) is 3. The molecule has 0 radical (unpaired) electrons. The lowest BCUT2D eigenvalue weighted by molar-refractivity contribution is -0.138. The number of hydrogen-bond acceptors (Lipinski definition) is 5. The summed E-state index contributed by atoms with van der Waals surface area (Å²) in [5.41, 5.74) is 1.06. The lowest BCUT2D eigenvalue weighted by atomic mass is 10.2. The van der Waals surface area contributed by atoms with E-state index in [-0.39, 0.29) is 24.5 Å². The lowest BCUT2D eigenvalue weighted by Crippen LogP contribution is -2.33. The molecule has 0 bridgehead atoms. The Morgan fingerprint density at radius 3 is 2.88 bits per heavy atom. The molecule has 6 nitrogen and oxygen atoms in total. The van der Waals surface area contributed by atoms with Crippen LogP contribution < -0.4 is 0 Å². The Morgan fingerprint density at radius 1 is 1.38 bits per heavy atom. The van der Waals surface area contributed by atoms with Crippen LogP contribution in [0.15, 0.2) is 34.9 Å². The summed E-state index contributed by atoms with van der Waals surface area (Å²) in [6.07, 6.45) is 1.79. The van der Waals surface area contributed by atoms with E-state index in [1.165, 1.54) is 0 Å². The maximum atomic E-state index is 12.5. The molecule has 1 saturated heterocycles. The van der Waals surface area contributed by atoms with Crippen LogP contribution in [0, 0.1) is 0 Å². The molecule has 0 N–H and O–H groups in total. The molecule has 1 atom stereocenters. The van der Waals surface area contributed by atoms with Crippen LogP contribution in [0.4, 0.5) is 0 Å². The molecule has 2 heterocycles. The molecular formula is C18H23N3O3. The van der Waals surface area contributed by atoms with Crippen LogP contribution in [0.2, 0.25) is 0 Å². The van der Waals surface area contributed by atoms with Crippen molar-refractivity contribution in [3.63, 3.8) is 0 Å². The number of amides is 1. The summed E-state index contributed by atoms with van der Waals surface area (Å²) in [6.45, 7) is 5.24. The maximum absolute atomic E-state index is 12.5. The van der Waals surface area contributed by atoms with Gasteiger partial charge in [0.15, 0.2) is 5.82 Å². The first kappa shape index (κ1) is 16.6. The second-order valence-corrected chi connectivity index (χ2v) is 6.37. The topological polar surface area (TPSA) is 68.5 Å². The molecule has 1 unspecified atom stereocenters. The van der Waals surface area contributed by atoms with E-state index >= 15 is 0 Å². The van der Waals surface area contributed by atoms with Crippen molar-refractivity contribution < 1.29 is 14.1 Å². The molecule has 2 aromatic rings. The third-order valence-corrected chi connectivity index (χ3v) is 4.17. The van der Waals surface area contributed by atoms with Gasteiger partial charge < -0.3 is 14.2 Å². The van der Waals surface area contributed by atoms with E-state index in [1.54, 1.807) is 4.90 Å². The zero-order chi connectivity index (χ0) is 16.9. The fourth-order valence-electron chi connectivity index (χ4n) is 2.85. The first-order valence-corrected chi connectivity index (χ1v) is 8.40. The van der Waals surface area contributed by atoms with Gasteiger partial charge in [-0.2, -0.15) is 4.98 Å². The third-order valence-electron chi connectivity index (χ3n) is 4.17. The summed E-state index contributed by atoms with van der Waals surface area (Å²) >= 11 is 0. The summed E-state index contributed by atoms with van der Waals surface area (Å²) in [5.74, 6) is 1.40. The summed E-state index contributed by atoms with van der Waals surface area (Å²) in [4.78, 5) is 18.7. The molecule has 24 heavy (non-hydrogen) atoms. The molecule has 1 aromatic carbocycles. The number of carbonyl (C=O) groups is 1. The average Bonchev–Trinajstić information content (AvgIpc) is 3.24. The molecule has 0 saturated carbocycles. The Hall–Kier alpha value is -2.21. The fourth-order valence-corrected chi connectivity index (χ4v) is 2.85. The maximum Gasteiger partial charge on any atom is 0.249 e. The van der Waals surface area contributed by atoms with Gasteiger partial charge in [0.25, 0.3) is 0 Å². The Bertz CT molecular complexity index is 669. The molecule has 0 spiro atoms. The molecule has 3 rings (SSSR count). The van der Waals surface area contributed by atoms with Crippen LogP contribution in [0.25, 0.3) is 0 Å². The highest BCUT2D eigenvalue weighted by Gasteiger charge is 2.34. The van der Waals surface area contributed by atoms with E-state index < -0.39 is 0 Å². The molecule has 6 heteroatoms. The SMILES string of the molecule is CC(C)c1noc(C2CCCN2C(=O)COCc2ccccc2)n1. The van der Waals surface area contributed by atoms with Crippen molar-refractivity contribution in [3.05, 3.63) is 47.6 Å². The zero-order valence-electron chi connectivity index (χ0n) is 14.1. The number of ether oxygens (including phenoxy) is 1. The van der Waals surface area contributed by atoms with Crippen molar-refractivity contribution in [2.75, 3.05) is 13.2 Å². The van der Waals surface area contributed by atoms with E-state index in [2.05, 4.69) is 10.1 Å². The molecule has 1 aromatic heterocycles. The van der Waals surface area contributed by atoms with E-state index in [4.69, 9.17) is 9.26 Å². The number of rotatable bonds is 6. The molecule has 1 fully saturated rings. The highest BCUT2D eigenvalue weighted by molar-refractivity contribution is 5.78. The minimum atomic E-state index is -0.127. The molecular weight excluding hydrogens is 306 g/mol. The fraction of sp³-hybridized carbons (Fsp3) is 0.500. The van der Waals surface area contributed by atoms with Gasteiger partial charge in [-0.3, -0.25) is 4.79 Å². The normalized spacial score (nSPS) is 17.6. The molecule has 1 aliphatic rings. The first-order chi connectivity index (χ1) is 11.6. The second kappa shape index (κ2) is 7.57. The van der Waals surface area contributed by atoms with Crippen molar-refractivity contribution in [2.45, 2.75) is 45.3 Å². The van der Waals surface area contributed by atoms with Crippen LogP contribution in [0.3, 0.4) is 0 Å². The number of likely N-dealkylation sites (tertiary alicyclic amines) is 1. The summed E-state index contributed by atoms with van der Waals surface area (Å²) in [6, 6.07) is 9.71. The third kappa shape index (κ3) is 3.82. The summed E-state index contributed by atoms with van der Waals surface area (Å²) in [5, 5.41) is 4.00. The Balaban J connectivity index is 1.57. The van der Waals surface area contributed by atoms with Crippen LogP contribution >= 0.6 is 0 Å². The standard InChI is InChI=1S/C18H23N3O3/c1-13(2)17-19-18(24-20-17)15-9-6-10-21(15)16(22)12-23-11-14-7-4-3-5-8-14/h3-5,7-8,13,15H,6,9-12H2,1-2H3. The van der Waals surface area contributed by atoms with Crippen molar-refractivity contribution in [3.8, 4) is 0 Å². The van der Waals surface area contributed by atoms with E-state index in [0.717, 1.165) is 18.4 Å². The minimum Gasteiger partial charge on any atom is -0.367 e. The van der Waals surface area contributed by atoms with Crippen LogP contribution in [-0.2, 0) is 16.1 Å². The van der Waals surface area contributed by atoms with Gasteiger partial charge in [0.05, 0.1) is 6.61 Å². The zero-order valence-corrected chi connectivity index (χ0v) is 14.1. The average molecular weight is 329 g/mol. The van der Waals surface area contributed by atoms with Crippen molar-refractivity contribution in [1.82, 2.24) is 15.0 Å². The van der Waals surface area contributed by atoms with E-state index in [1.807, 2.05) is 44.2 Å². The summed E-state index contributed by atoms with van der Waals surface area (Å²) in [7, 11) is 0. The molecule has 1 amide bonds. The predicted octanol–water partition coefficient (Wildman–Crippen LogP) is 3.07. The van der Waals surface area contributed by atoms with Crippen molar-refractivity contribution >= 4 is 5.91 Å². The Kier molecular flexibility index (Phi) is 5.25. The predicted molar refractivity (Wildman–Crippen MR) is 88.2 cm³/mol. The smallest absolute Gasteiger partial charge is 0.249 e. The number of benzene rings is 1. The van der Waals surface area contributed by atoms with Gasteiger partial charge in [0.1, 0.15) is 12.6 Å². The van der Waals surface area contributed by atoms with E-state index in [9.17, 15) is 4.79 Å². The molecule has 0 aliphatic carbocycles. The monoisotopic (exact) mass is 329 g/mol. The highest BCUT2D eigenvalue weighted by Crippen LogP contribution is 2.31. The quantitative estimate of drug-likeness (QED) is 0.814. The highest BCUT2D eigenvalue weighted by atomic mass is 16.5. The van der Waals surface area contributed by atoms with Gasteiger partial charge in [-0.1, -0.05) is 49.3 Å². The van der Waals surface area contributed by atoms with Gasteiger partial charge in [0.2, 0.25) is 11.8 Å². The number of aromatic nitrogens is 2. The Labute approximate surface area is 141 Å². The van der Waals surface area contributed by atoms with Gasteiger partial charge in [-0.05, 0) is 18.4 Å². The Morgan fingerprint density at radius 2 is 2.17 bits per heavy atom. The first-order valence-electron chi connectivity index (χ1n) is 8.40. The number of carbonyl (C=O) groups excluding carboxylic acids is 1. The molecule has 1 aliphatic heterocycles. The van der Waals surface area contributed by atoms with E-state index in [0.29, 0.717) is 24.9 Å². The largest absolute Gasteiger partial charge is 0.367 e. The van der Waals surface area contributed by atoms with Crippen molar-refractivity contribution in [2.24, 2.45) is 0 Å². The van der Waals surface area contributed by atoms with Crippen LogP contribution in [0.1, 0.15) is 55.9 Å².